The Morgan fingerprint density at radius 1 is 1.18 bits per heavy atom. The van der Waals surface area contributed by atoms with Crippen LogP contribution in [-0.2, 0) is 16.6 Å². The summed E-state index contributed by atoms with van der Waals surface area (Å²) in [6, 6.07) is 4.91. The molecule has 3 rings (SSSR count). The van der Waals surface area contributed by atoms with Crippen LogP contribution in [0.25, 0.3) is 0 Å². The van der Waals surface area contributed by atoms with E-state index in [1.165, 1.54) is 10.4 Å². The lowest BCUT2D eigenvalue weighted by Gasteiger charge is -2.26. The highest BCUT2D eigenvalue weighted by Gasteiger charge is 2.28. The summed E-state index contributed by atoms with van der Waals surface area (Å²) in [6.45, 7) is 4.28. The van der Waals surface area contributed by atoms with Crippen molar-refractivity contribution in [3.05, 3.63) is 48.0 Å². The molecule has 1 saturated heterocycles. The third-order valence-corrected chi connectivity index (χ3v) is 7.11. The molecule has 1 aliphatic heterocycles. The van der Waals surface area contributed by atoms with Crippen LogP contribution in [0.15, 0.2) is 41.8 Å². The highest BCUT2D eigenvalue weighted by atomic mass is 32.2. The first-order chi connectivity index (χ1) is 13.5. The number of carbonyl (C=O) groups excluding carboxylic acids is 1. The van der Waals surface area contributed by atoms with Crippen molar-refractivity contribution in [1.82, 2.24) is 19.2 Å². The third kappa shape index (κ3) is 4.99. The Morgan fingerprint density at radius 2 is 1.96 bits per heavy atom. The molecule has 1 aromatic carbocycles. The van der Waals surface area contributed by atoms with Gasteiger partial charge in [-0.25, -0.2) is 13.4 Å². The Bertz CT molecular complexity index is 888. The van der Waals surface area contributed by atoms with Crippen molar-refractivity contribution < 1.29 is 13.2 Å². The second kappa shape index (κ2) is 9.34. The monoisotopic (exact) mass is 404 g/mol. The molecule has 0 radical (unpaired) electrons. The molecule has 0 aliphatic carbocycles. The molecular weight excluding hydrogens is 376 g/mol. The van der Waals surface area contributed by atoms with Crippen molar-refractivity contribution in [3.63, 3.8) is 0 Å². The quantitative estimate of drug-likeness (QED) is 0.686. The van der Waals surface area contributed by atoms with Gasteiger partial charge in [-0.15, -0.1) is 0 Å². The lowest BCUT2D eigenvalue weighted by Crippen LogP contribution is -2.36. The Labute approximate surface area is 166 Å². The fourth-order valence-electron chi connectivity index (χ4n) is 3.41. The van der Waals surface area contributed by atoms with Gasteiger partial charge in [-0.2, -0.15) is 4.31 Å². The minimum Gasteiger partial charge on any atom is -0.352 e. The zero-order chi connectivity index (χ0) is 20.0. The van der Waals surface area contributed by atoms with Crippen LogP contribution in [0.4, 0.5) is 0 Å². The van der Waals surface area contributed by atoms with E-state index < -0.39 is 10.0 Å². The molecule has 2 aromatic rings. The van der Waals surface area contributed by atoms with Crippen LogP contribution in [0.5, 0.6) is 0 Å². The van der Waals surface area contributed by atoms with E-state index in [4.69, 9.17) is 0 Å². The Kier molecular flexibility index (Phi) is 6.85. The summed E-state index contributed by atoms with van der Waals surface area (Å²) in [5, 5.41) is 2.88. The van der Waals surface area contributed by atoms with Crippen LogP contribution in [0.2, 0.25) is 0 Å². The molecular formula is C20H28N4O3S. The highest BCUT2D eigenvalue weighted by molar-refractivity contribution is 7.89. The maximum Gasteiger partial charge on any atom is 0.251 e. The summed E-state index contributed by atoms with van der Waals surface area (Å²) in [5.74, 6) is -0.238. The number of rotatable bonds is 8. The molecule has 152 valence electrons. The number of hydrogen-bond acceptors (Lipinski definition) is 4. The molecule has 1 fully saturated rings. The van der Waals surface area contributed by atoms with Gasteiger partial charge in [0.2, 0.25) is 10.0 Å². The first kappa shape index (κ1) is 20.5. The molecule has 1 amide bonds. The number of imidazole rings is 1. The summed E-state index contributed by atoms with van der Waals surface area (Å²) in [4.78, 5) is 16.7. The van der Waals surface area contributed by atoms with Crippen molar-refractivity contribution in [2.45, 2.75) is 50.5 Å². The maximum atomic E-state index is 13.0. The number of aryl methyl sites for hydroxylation is 2. The number of nitrogens with one attached hydrogen (secondary N) is 1. The molecule has 28 heavy (non-hydrogen) atoms. The first-order valence-electron chi connectivity index (χ1n) is 9.83. The van der Waals surface area contributed by atoms with E-state index in [9.17, 15) is 13.2 Å². The van der Waals surface area contributed by atoms with Crippen molar-refractivity contribution >= 4 is 15.9 Å². The molecule has 0 saturated carbocycles. The zero-order valence-electron chi connectivity index (χ0n) is 16.3. The number of aromatic nitrogens is 2. The lowest BCUT2D eigenvalue weighted by atomic mass is 10.1. The molecule has 0 spiro atoms. The molecule has 1 aliphatic rings. The van der Waals surface area contributed by atoms with Gasteiger partial charge in [0, 0.05) is 44.1 Å². The second-order valence-electron chi connectivity index (χ2n) is 7.21. The maximum absolute atomic E-state index is 13.0. The van der Waals surface area contributed by atoms with E-state index in [1.807, 2.05) is 10.8 Å². The summed E-state index contributed by atoms with van der Waals surface area (Å²) in [6.07, 6.45) is 10.0. The first-order valence-corrected chi connectivity index (χ1v) is 11.3. The third-order valence-electron chi connectivity index (χ3n) is 5.07. The van der Waals surface area contributed by atoms with Gasteiger partial charge in [0.15, 0.2) is 0 Å². The highest BCUT2D eigenvalue weighted by Crippen LogP contribution is 2.24. The predicted molar refractivity (Wildman–Crippen MR) is 108 cm³/mol. The van der Waals surface area contributed by atoms with E-state index in [2.05, 4.69) is 10.3 Å². The van der Waals surface area contributed by atoms with Crippen molar-refractivity contribution in [3.8, 4) is 0 Å². The van der Waals surface area contributed by atoms with E-state index in [1.54, 1.807) is 31.6 Å². The second-order valence-corrected chi connectivity index (χ2v) is 9.11. The van der Waals surface area contributed by atoms with Crippen molar-refractivity contribution in [2.24, 2.45) is 0 Å². The minimum atomic E-state index is -3.56. The van der Waals surface area contributed by atoms with Crippen LogP contribution >= 0.6 is 0 Å². The number of benzene rings is 1. The molecule has 8 heteroatoms. The van der Waals surface area contributed by atoms with Crippen molar-refractivity contribution in [2.75, 3.05) is 19.6 Å². The standard InChI is InChI=1S/C20H28N4O3S/c1-17-7-8-18(15-19(17)28(26,27)24-12-4-2-5-13-24)20(25)22-9-3-6-11-23-14-10-21-16-23/h7-8,10,14-16H,2-6,9,11-13H2,1H3,(H,22,25). The Hall–Kier alpha value is -2.19. The smallest absolute Gasteiger partial charge is 0.251 e. The normalized spacial score (nSPS) is 15.5. The van der Waals surface area contributed by atoms with Crippen LogP contribution in [0.1, 0.15) is 48.0 Å². The van der Waals surface area contributed by atoms with E-state index >= 15 is 0 Å². The van der Waals surface area contributed by atoms with E-state index in [0.717, 1.165) is 38.6 Å². The van der Waals surface area contributed by atoms with Crippen LogP contribution in [-0.4, -0.2) is 47.8 Å². The summed E-state index contributed by atoms with van der Waals surface area (Å²) in [7, 11) is -3.56. The summed E-state index contributed by atoms with van der Waals surface area (Å²) < 4.78 is 29.5. The summed E-state index contributed by atoms with van der Waals surface area (Å²) >= 11 is 0. The zero-order valence-corrected chi connectivity index (χ0v) is 17.1. The molecule has 1 N–H and O–H groups in total. The SMILES string of the molecule is Cc1ccc(C(=O)NCCCCn2ccnc2)cc1S(=O)(=O)N1CCCCC1. The lowest BCUT2D eigenvalue weighted by molar-refractivity contribution is 0.0952. The number of carbonyl (C=O) groups is 1. The Morgan fingerprint density at radius 3 is 2.68 bits per heavy atom. The molecule has 7 nitrogen and oxygen atoms in total. The van der Waals surface area contributed by atoms with E-state index in [0.29, 0.717) is 30.8 Å². The predicted octanol–water partition coefficient (Wildman–Crippen LogP) is 2.58. The fraction of sp³-hybridized carbons (Fsp3) is 0.500. The minimum absolute atomic E-state index is 0.238. The van der Waals surface area contributed by atoms with Gasteiger partial charge in [-0.1, -0.05) is 12.5 Å². The van der Waals surface area contributed by atoms with E-state index in [-0.39, 0.29) is 10.8 Å². The average molecular weight is 405 g/mol. The van der Waals surface area contributed by atoms with Gasteiger partial charge in [-0.3, -0.25) is 4.79 Å². The van der Waals surface area contributed by atoms with Crippen LogP contribution in [0.3, 0.4) is 0 Å². The van der Waals surface area contributed by atoms with Crippen molar-refractivity contribution in [1.29, 1.82) is 0 Å². The van der Waals surface area contributed by atoms with Gasteiger partial charge in [0.1, 0.15) is 0 Å². The fourth-order valence-corrected chi connectivity index (χ4v) is 5.17. The van der Waals surface area contributed by atoms with Gasteiger partial charge >= 0.3 is 0 Å². The number of piperidine rings is 1. The number of amides is 1. The van der Waals surface area contributed by atoms with Gasteiger partial charge in [0.05, 0.1) is 11.2 Å². The summed E-state index contributed by atoms with van der Waals surface area (Å²) in [5.41, 5.74) is 1.05. The molecule has 2 heterocycles. The molecule has 0 bridgehead atoms. The molecule has 0 atom stereocenters. The number of hydrogen-bond donors (Lipinski definition) is 1. The van der Waals surface area contributed by atoms with Crippen LogP contribution < -0.4 is 5.32 Å². The number of unbranched alkanes of at least 4 members (excludes halogenated alkanes) is 1. The molecule has 1 aromatic heterocycles. The van der Waals surface area contributed by atoms with Gasteiger partial charge in [-0.05, 0) is 50.3 Å². The molecule has 0 unspecified atom stereocenters. The average Bonchev–Trinajstić information content (AvgIpc) is 3.22. The topological polar surface area (TPSA) is 84.3 Å². The Balaban J connectivity index is 1.59. The largest absolute Gasteiger partial charge is 0.352 e. The number of sulfonamides is 1. The van der Waals surface area contributed by atoms with Crippen LogP contribution in [0, 0.1) is 6.92 Å². The number of nitrogens with zero attached hydrogens (tertiary/aromatic N) is 3. The van der Waals surface area contributed by atoms with Gasteiger partial charge in [0.25, 0.3) is 5.91 Å². The van der Waals surface area contributed by atoms with Gasteiger partial charge < -0.3 is 9.88 Å².